The summed E-state index contributed by atoms with van der Waals surface area (Å²) in [6.45, 7) is 21.5. The lowest BCUT2D eigenvalue weighted by Gasteiger charge is -2.51. The second-order valence-corrected chi connectivity index (χ2v) is 19.8. The molecule has 0 amide bonds. The zero-order valence-corrected chi connectivity index (χ0v) is 37.1. The molecule has 2 bridgehead atoms. The molecule has 6 heterocycles. The predicted molar refractivity (Wildman–Crippen MR) is 234 cm³/mol. The average molecular weight is 809 g/mol. The molecule has 0 N–H and O–H groups in total. The highest BCUT2D eigenvalue weighted by atomic mass is 16.5. The molecule has 3 saturated heterocycles. The number of methoxy groups -OCH3 is 1. The maximum atomic E-state index is 13.6. The maximum absolute atomic E-state index is 13.6. The number of fused-ring (bicyclic) bond motifs is 4. The van der Waals surface area contributed by atoms with Crippen LogP contribution in [0.25, 0.3) is 10.9 Å². The second kappa shape index (κ2) is 17.8. The zero-order valence-electron chi connectivity index (χ0n) is 37.1. The number of nitrogens with zero attached hydrogens (tertiary/aromatic N) is 4. The van der Waals surface area contributed by atoms with Crippen LogP contribution in [0.2, 0.25) is 0 Å². The van der Waals surface area contributed by atoms with Crippen molar-refractivity contribution in [3.05, 3.63) is 65.9 Å². The fourth-order valence-electron chi connectivity index (χ4n) is 9.36. The minimum absolute atomic E-state index is 0.00259. The molecule has 10 heteroatoms. The summed E-state index contributed by atoms with van der Waals surface area (Å²) in [5.41, 5.74) is 2.41. The Morgan fingerprint density at radius 3 is 2.15 bits per heavy atom. The molecule has 320 valence electrons. The van der Waals surface area contributed by atoms with Crippen LogP contribution < -0.4 is 9.47 Å². The smallest absolute Gasteiger partial charge is 0.306 e. The number of carbonyl (C=O) groups excluding carboxylic acids is 1. The van der Waals surface area contributed by atoms with Crippen LogP contribution in [0.4, 0.5) is 0 Å². The number of esters is 1. The molecule has 0 spiro atoms. The number of unbranched alkanes of at least 4 members (excludes halogenated alkanes) is 2. The van der Waals surface area contributed by atoms with Gasteiger partial charge in [0.15, 0.2) is 11.8 Å². The summed E-state index contributed by atoms with van der Waals surface area (Å²) < 4.78 is 30.9. The van der Waals surface area contributed by atoms with E-state index in [0.29, 0.717) is 56.3 Å². The Bertz CT molecular complexity index is 1940. The van der Waals surface area contributed by atoms with E-state index in [4.69, 9.17) is 33.7 Å². The van der Waals surface area contributed by atoms with Gasteiger partial charge in [0.25, 0.3) is 0 Å². The van der Waals surface area contributed by atoms with Crippen LogP contribution in [-0.4, -0.2) is 85.8 Å². The molecular formula is C49H68N4O6. The van der Waals surface area contributed by atoms with Gasteiger partial charge in [-0.3, -0.25) is 14.7 Å². The van der Waals surface area contributed by atoms with Gasteiger partial charge in [0, 0.05) is 30.1 Å². The Labute approximate surface area is 352 Å². The molecular weight excluding hydrogens is 741 g/mol. The fraction of sp³-hybridized carbons (Fsp3) is 0.633. The first-order valence-electron chi connectivity index (χ1n) is 22.2. The molecule has 0 radical (unpaired) electrons. The van der Waals surface area contributed by atoms with Crippen LogP contribution in [0.15, 0.2) is 64.7 Å². The summed E-state index contributed by atoms with van der Waals surface area (Å²) in [6.07, 6.45) is 8.44. The van der Waals surface area contributed by atoms with Gasteiger partial charge in [0.2, 0.25) is 0 Å². The molecule has 10 nitrogen and oxygen atoms in total. The Kier molecular flexibility index (Phi) is 13.0. The van der Waals surface area contributed by atoms with Gasteiger partial charge in [-0.25, -0.2) is 9.98 Å². The van der Waals surface area contributed by atoms with Gasteiger partial charge in [0.1, 0.15) is 36.2 Å². The van der Waals surface area contributed by atoms with Crippen LogP contribution in [-0.2, 0) is 25.4 Å². The molecule has 59 heavy (non-hydrogen) atoms. The summed E-state index contributed by atoms with van der Waals surface area (Å²) >= 11 is 0. The average Bonchev–Trinajstić information content (AvgIpc) is 3.95. The Balaban J connectivity index is 0.935. The van der Waals surface area contributed by atoms with E-state index in [-0.39, 0.29) is 41.0 Å². The number of pyridine rings is 1. The van der Waals surface area contributed by atoms with Gasteiger partial charge >= 0.3 is 5.97 Å². The number of hydrogen-bond acceptors (Lipinski definition) is 10. The lowest BCUT2D eigenvalue weighted by atomic mass is 9.72. The summed E-state index contributed by atoms with van der Waals surface area (Å²) in [7, 11) is 1.68. The zero-order chi connectivity index (χ0) is 42.0. The van der Waals surface area contributed by atoms with Crippen molar-refractivity contribution in [3.8, 4) is 11.5 Å². The third-order valence-electron chi connectivity index (χ3n) is 13.4. The highest BCUT2D eigenvalue weighted by molar-refractivity contribution is 6.06. The van der Waals surface area contributed by atoms with Gasteiger partial charge in [0.05, 0.1) is 37.4 Å². The lowest BCUT2D eigenvalue weighted by molar-refractivity contribution is -0.158. The summed E-state index contributed by atoms with van der Waals surface area (Å²) in [6, 6.07) is 16.6. The second-order valence-electron chi connectivity index (χ2n) is 19.8. The summed E-state index contributed by atoms with van der Waals surface area (Å²) in [4.78, 5) is 31.0. The molecule has 0 aliphatic carbocycles. The maximum Gasteiger partial charge on any atom is 0.306 e. The molecule has 7 atom stereocenters. The highest BCUT2D eigenvalue weighted by Gasteiger charge is 2.48. The summed E-state index contributed by atoms with van der Waals surface area (Å²) in [5.74, 6) is 4.25. The molecule has 8 rings (SSSR count). The number of aliphatic imine (C=N–C) groups is 2. The van der Waals surface area contributed by atoms with Crippen molar-refractivity contribution >= 4 is 28.7 Å². The van der Waals surface area contributed by atoms with E-state index in [1.807, 2.05) is 42.6 Å². The van der Waals surface area contributed by atoms with E-state index in [1.165, 1.54) is 12.8 Å². The first kappa shape index (κ1) is 42.9. The molecule has 1 aromatic heterocycles. The largest absolute Gasteiger partial charge is 0.497 e. The quantitative estimate of drug-likeness (QED) is 0.104. The molecule has 5 aliphatic heterocycles. The van der Waals surface area contributed by atoms with Crippen molar-refractivity contribution in [1.29, 1.82) is 0 Å². The molecule has 2 aromatic carbocycles. The van der Waals surface area contributed by atoms with Crippen LogP contribution in [0.3, 0.4) is 0 Å². The first-order valence-corrected chi connectivity index (χ1v) is 22.2. The van der Waals surface area contributed by atoms with Crippen molar-refractivity contribution in [2.24, 2.45) is 38.1 Å². The minimum Gasteiger partial charge on any atom is -0.497 e. The highest BCUT2D eigenvalue weighted by Crippen LogP contribution is 2.45. The van der Waals surface area contributed by atoms with Gasteiger partial charge in [-0.15, -0.1) is 0 Å². The van der Waals surface area contributed by atoms with Crippen LogP contribution in [0.1, 0.15) is 118 Å². The molecule has 0 saturated carbocycles. The van der Waals surface area contributed by atoms with E-state index in [9.17, 15) is 4.79 Å². The predicted octanol–water partition coefficient (Wildman–Crippen LogP) is 9.82. The number of benzene rings is 2. The van der Waals surface area contributed by atoms with Crippen molar-refractivity contribution in [3.63, 3.8) is 0 Å². The van der Waals surface area contributed by atoms with Crippen molar-refractivity contribution in [2.75, 3.05) is 40.0 Å². The van der Waals surface area contributed by atoms with E-state index in [1.54, 1.807) is 7.11 Å². The van der Waals surface area contributed by atoms with E-state index in [2.05, 4.69) is 77.4 Å². The van der Waals surface area contributed by atoms with Crippen molar-refractivity contribution in [1.82, 2.24) is 9.88 Å². The van der Waals surface area contributed by atoms with Gasteiger partial charge in [-0.05, 0) is 117 Å². The van der Waals surface area contributed by atoms with Gasteiger partial charge < -0.3 is 23.7 Å². The van der Waals surface area contributed by atoms with Crippen LogP contribution >= 0.6 is 0 Å². The number of piperidine rings is 3. The first-order chi connectivity index (χ1) is 28.2. The van der Waals surface area contributed by atoms with E-state index < -0.39 is 5.41 Å². The van der Waals surface area contributed by atoms with Gasteiger partial charge in [-0.1, -0.05) is 67.0 Å². The SMILES string of the molecule is CC[C@H]1CN2CC[C@H]1C[C@@H]2[C@@H](OC(=O)CCCCCOc1ccc(CC(C)(C2=N[C@@H](C(C)(C)C)CO2)C2=N[C@@H](C(C)(C)C)CO2)cc1)c1ccnc2ccc(OC)cc12. The molecule has 5 aliphatic rings. The fourth-order valence-corrected chi connectivity index (χ4v) is 9.36. The van der Waals surface area contributed by atoms with E-state index in [0.717, 1.165) is 72.3 Å². The molecule has 1 unspecified atom stereocenters. The number of ether oxygens (including phenoxy) is 5. The Morgan fingerprint density at radius 1 is 0.881 bits per heavy atom. The lowest BCUT2D eigenvalue weighted by Crippen LogP contribution is -2.55. The Morgan fingerprint density at radius 2 is 1.56 bits per heavy atom. The standard InChI is InChI=1S/C49H68N4O6/c1-10-33-29-53-24-22-34(33)26-40(53)44(37-21-23-50-39-20-19-36(55-9)27-38(37)39)59-43(54)14-12-11-13-25-56-35-17-15-32(16-18-35)28-49(8,45-51-41(30-57-45)47(2,3)4)46-52-42(31-58-46)48(5,6)7/h15-21,23,27,33-34,40-42,44H,10-14,22,24-26,28-31H2,1-9H3/t33-,34-,40+,41+,42+,44-/m0/s1. The number of hydrogen-bond donors (Lipinski definition) is 0. The van der Waals surface area contributed by atoms with Crippen molar-refractivity contribution < 1.29 is 28.5 Å². The van der Waals surface area contributed by atoms with E-state index >= 15 is 0 Å². The van der Waals surface area contributed by atoms with Crippen molar-refractivity contribution in [2.45, 2.75) is 131 Å². The van der Waals surface area contributed by atoms with Gasteiger partial charge in [-0.2, -0.15) is 0 Å². The third kappa shape index (κ3) is 9.74. The topological polar surface area (TPSA) is 104 Å². The summed E-state index contributed by atoms with van der Waals surface area (Å²) in [5, 5.41) is 0.983. The Hall–Kier alpha value is -4.18. The number of carbonyl (C=O) groups is 1. The minimum atomic E-state index is -0.616. The number of aromatic nitrogens is 1. The van der Waals surface area contributed by atoms with Crippen LogP contribution in [0, 0.1) is 28.1 Å². The molecule has 3 aromatic rings. The van der Waals surface area contributed by atoms with Crippen LogP contribution in [0.5, 0.6) is 11.5 Å². The molecule has 3 fully saturated rings. The third-order valence-corrected chi connectivity index (χ3v) is 13.4. The number of rotatable bonds is 16. The normalized spacial score (nSPS) is 24.9. The monoisotopic (exact) mass is 809 g/mol.